The Balaban J connectivity index is 1.62. The molecule has 1 amide bonds. The van der Waals surface area contributed by atoms with E-state index in [2.05, 4.69) is 10.3 Å². The van der Waals surface area contributed by atoms with Gasteiger partial charge in [0.2, 0.25) is 5.91 Å². The Bertz CT molecular complexity index is 762. The normalized spacial score (nSPS) is 17.1. The maximum absolute atomic E-state index is 13.4. The summed E-state index contributed by atoms with van der Waals surface area (Å²) in [6.45, 7) is 2.40. The first-order valence-electron chi connectivity index (χ1n) is 9.97. The zero-order chi connectivity index (χ0) is 19.8. The third-order valence-corrected chi connectivity index (χ3v) is 5.20. The van der Waals surface area contributed by atoms with E-state index in [1.165, 1.54) is 6.07 Å². The van der Waals surface area contributed by atoms with E-state index in [-0.39, 0.29) is 11.9 Å². The predicted octanol–water partition coefficient (Wildman–Crippen LogP) is 3.85. The molecule has 1 aromatic carbocycles. The summed E-state index contributed by atoms with van der Waals surface area (Å²) in [5.41, 5.74) is 1.59. The Morgan fingerprint density at radius 1 is 1.14 bits per heavy atom. The van der Waals surface area contributed by atoms with E-state index in [9.17, 15) is 13.6 Å². The van der Waals surface area contributed by atoms with Crippen molar-refractivity contribution in [2.75, 3.05) is 13.1 Å². The lowest BCUT2D eigenvalue weighted by molar-refractivity contribution is -0.134. The van der Waals surface area contributed by atoms with E-state index in [4.69, 9.17) is 0 Å². The zero-order valence-electron chi connectivity index (χ0n) is 16.0. The average molecular weight is 387 g/mol. The molecule has 0 radical (unpaired) electrons. The number of nitrogens with one attached hydrogen (secondary N) is 1. The summed E-state index contributed by atoms with van der Waals surface area (Å²) in [6, 6.07) is 9.87. The second kappa shape index (κ2) is 10.3. The first-order chi connectivity index (χ1) is 13.6. The number of amides is 1. The smallest absolute Gasteiger partial charge is 0.223 e. The van der Waals surface area contributed by atoms with Crippen molar-refractivity contribution < 1.29 is 13.6 Å². The molecule has 0 saturated carbocycles. The fourth-order valence-electron chi connectivity index (χ4n) is 3.68. The molecule has 1 fully saturated rings. The fraction of sp³-hybridized carbons (Fsp3) is 0.455. The van der Waals surface area contributed by atoms with Crippen molar-refractivity contribution in [3.63, 3.8) is 0 Å². The molecule has 0 bridgehead atoms. The third-order valence-electron chi connectivity index (χ3n) is 5.20. The molecule has 1 N–H and O–H groups in total. The monoisotopic (exact) mass is 387 g/mol. The maximum Gasteiger partial charge on any atom is 0.223 e. The fourth-order valence-corrected chi connectivity index (χ4v) is 3.68. The van der Waals surface area contributed by atoms with Crippen molar-refractivity contribution in [2.24, 2.45) is 0 Å². The van der Waals surface area contributed by atoms with Crippen LogP contribution < -0.4 is 5.32 Å². The number of pyridine rings is 1. The molecule has 0 spiro atoms. The number of carbonyl (C=O) groups is 1. The van der Waals surface area contributed by atoms with Crippen LogP contribution in [0.3, 0.4) is 0 Å². The van der Waals surface area contributed by atoms with Gasteiger partial charge in [-0.05, 0) is 75.0 Å². The highest BCUT2D eigenvalue weighted by atomic mass is 19.2. The minimum absolute atomic E-state index is 0.0973. The molecular weight excluding hydrogens is 360 g/mol. The number of hydrogen-bond acceptors (Lipinski definition) is 3. The molecular formula is C22H27F2N3O. The van der Waals surface area contributed by atoms with Gasteiger partial charge in [0.1, 0.15) is 0 Å². The lowest BCUT2D eigenvalue weighted by Crippen LogP contribution is -2.40. The van der Waals surface area contributed by atoms with Crippen molar-refractivity contribution in [3.05, 3.63) is 65.5 Å². The Morgan fingerprint density at radius 3 is 2.82 bits per heavy atom. The molecule has 1 unspecified atom stereocenters. The van der Waals surface area contributed by atoms with Crippen LogP contribution in [0.15, 0.2) is 42.6 Å². The number of aromatic nitrogens is 1. The molecule has 1 aromatic heterocycles. The molecule has 4 nitrogen and oxygen atoms in total. The van der Waals surface area contributed by atoms with Gasteiger partial charge in [-0.25, -0.2) is 8.78 Å². The van der Waals surface area contributed by atoms with Gasteiger partial charge in [0.25, 0.3) is 0 Å². The van der Waals surface area contributed by atoms with E-state index >= 15 is 0 Å². The second-order valence-corrected chi connectivity index (χ2v) is 7.28. The number of rotatable bonds is 7. The molecule has 0 aliphatic carbocycles. The standard InChI is InChI=1S/C22H27F2N3O/c23-20-10-9-17(15-21(20)24)5-3-8-22(28)27(16-18-6-1-2-13-26-18)19-7-4-12-25-14-11-19/h1-2,6,9-10,13,15,19,25H,3-5,7-8,11-12,14,16H2. The summed E-state index contributed by atoms with van der Waals surface area (Å²) in [5, 5.41) is 3.39. The molecule has 150 valence electrons. The van der Waals surface area contributed by atoms with Crippen molar-refractivity contribution in [2.45, 2.75) is 51.1 Å². The third kappa shape index (κ3) is 5.83. The average Bonchev–Trinajstić information content (AvgIpc) is 2.99. The van der Waals surface area contributed by atoms with Gasteiger partial charge in [-0.2, -0.15) is 0 Å². The quantitative estimate of drug-likeness (QED) is 0.785. The highest BCUT2D eigenvalue weighted by Gasteiger charge is 2.24. The molecule has 1 aliphatic rings. The van der Waals surface area contributed by atoms with Crippen LogP contribution in [0.25, 0.3) is 0 Å². The zero-order valence-corrected chi connectivity index (χ0v) is 16.0. The van der Waals surface area contributed by atoms with Gasteiger partial charge >= 0.3 is 0 Å². The molecule has 2 aromatic rings. The van der Waals surface area contributed by atoms with E-state index in [0.717, 1.165) is 44.1 Å². The number of carbonyl (C=O) groups excluding carboxylic acids is 1. The number of halogens is 2. The van der Waals surface area contributed by atoms with Crippen LogP contribution >= 0.6 is 0 Å². The van der Waals surface area contributed by atoms with Crippen molar-refractivity contribution in [1.29, 1.82) is 0 Å². The lowest BCUT2D eigenvalue weighted by atomic mass is 10.0. The summed E-state index contributed by atoms with van der Waals surface area (Å²) >= 11 is 0. The van der Waals surface area contributed by atoms with Gasteiger partial charge in [-0.3, -0.25) is 9.78 Å². The molecule has 6 heteroatoms. The number of benzene rings is 1. The van der Waals surface area contributed by atoms with Gasteiger partial charge in [0.05, 0.1) is 12.2 Å². The van der Waals surface area contributed by atoms with Gasteiger partial charge < -0.3 is 10.2 Å². The maximum atomic E-state index is 13.4. The summed E-state index contributed by atoms with van der Waals surface area (Å²) in [7, 11) is 0. The lowest BCUT2D eigenvalue weighted by Gasteiger charge is -2.31. The van der Waals surface area contributed by atoms with Crippen molar-refractivity contribution >= 4 is 5.91 Å². The first-order valence-corrected chi connectivity index (χ1v) is 9.97. The molecule has 28 heavy (non-hydrogen) atoms. The number of hydrogen-bond donors (Lipinski definition) is 1. The predicted molar refractivity (Wildman–Crippen MR) is 105 cm³/mol. The minimum atomic E-state index is -0.844. The molecule has 2 heterocycles. The Hall–Kier alpha value is -2.34. The van der Waals surface area contributed by atoms with Crippen molar-refractivity contribution in [3.8, 4) is 0 Å². The summed E-state index contributed by atoms with van der Waals surface area (Å²) < 4.78 is 26.4. The summed E-state index contributed by atoms with van der Waals surface area (Å²) in [6.07, 6.45) is 6.24. The van der Waals surface area contributed by atoms with Crippen LogP contribution in [0.4, 0.5) is 8.78 Å². The van der Waals surface area contributed by atoms with Crippen LogP contribution in [-0.2, 0) is 17.8 Å². The summed E-state index contributed by atoms with van der Waals surface area (Å²) in [5.74, 6) is -1.59. The van der Waals surface area contributed by atoms with Crippen LogP contribution in [0.1, 0.15) is 43.4 Å². The van der Waals surface area contributed by atoms with Crippen LogP contribution in [0.2, 0.25) is 0 Å². The van der Waals surface area contributed by atoms with Gasteiger partial charge in [-0.1, -0.05) is 12.1 Å². The Morgan fingerprint density at radius 2 is 2.04 bits per heavy atom. The van der Waals surface area contributed by atoms with E-state index in [1.54, 1.807) is 12.3 Å². The topological polar surface area (TPSA) is 45.2 Å². The molecule has 1 atom stereocenters. The molecule has 3 rings (SSSR count). The van der Waals surface area contributed by atoms with Crippen LogP contribution in [0.5, 0.6) is 0 Å². The highest BCUT2D eigenvalue weighted by molar-refractivity contribution is 5.76. The minimum Gasteiger partial charge on any atom is -0.334 e. The van der Waals surface area contributed by atoms with Crippen LogP contribution in [0, 0.1) is 11.6 Å². The van der Waals surface area contributed by atoms with Gasteiger partial charge in [-0.15, -0.1) is 0 Å². The second-order valence-electron chi connectivity index (χ2n) is 7.28. The van der Waals surface area contributed by atoms with Gasteiger partial charge in [0, 0.05) is 18.7 Å². The van der Waals surface area contributed by atoms with E-state index in [1.807, 2.05) is 23.1 Å². The number of aryl methyl sites for hydroxylation is 1. The first kappa shape index (κ1) is 20.4. The SMILES string of the molecule is O=C(CCCc1ccc(F)c(F)c1)N(Cc1ccccn1)C1CCCNCC1. The van der Waals surface area contributed by atoms with E-state index < -0.39 is 11.6 Å². The largest absolute Gasteiger partial charge is 0.334 e. The Labute approximate surface area is 165 Å². The van der Waals surface area contributed by atoms with Crippen molar-refractivity contribution in [1.82, 2.24) is 15.2 Å². The summed E-state index contributed by atoms with van der Waals surface area (Å²) in [4.78, 5) is 19.4. The van der Waals surface area contributed by atoms with E-state index in [0.29, 0.717) is 31.4 Å². The van der Waals surface area contributed by atoms with Crippen LogP contribution in [-0.4, -0.2) is 34.9 Å². The van der Waals surface area contributed by atoms with Gasteiger partial charge in [0.15, 0.2) is 11.6 Å². The number of nitrogens with zero attached hydrogens (tertiary/aromatic N) is 2. The molecule has 1 aliphatic heterocycles. The molecule has 1 saturated heterocycles. The Kier molecular flexibility index (Phi) is 7.48. The highest BCUT2D eigenvalue weighted by Crippen LogP contribution is 2.19.